The molecule has 0 radical (unpaired) electrons. The summed E-state index contributed by atoms with van der Waals surface area (Å²) in [7, 11) is 0. The average molecular weight is 423 g/mol. The highest BCUT2D eigenvalue weighted by Gasteiger charge is 2.33. The van der Waals surface area contributed by atoms with Crippen molar-refractivity contribution in [3.05, 3.63) is 35.9 Å². The summed E-state index contributed by atoms with van der Waals surface area (Å²) in [6.45, 7) is 10.9. The standard InChI is InChI=1S/C22H34N2O6/c1-14(2)12-17(20(26)27)23-19(25)18(15(3)30-22(4,5)6)24-21(28)29-13-16-10-8-7-9-11-16/h7-11,14-15,17-18H,12-13H2,1-6H3,(H,23,25)(H,24,28)(H,26,27). The minimum Gasteiger partial charge on any atom is -0.480 e. The molecule has 2 amide bonds. The summed E-state index contributed by atoms with van der Waals surface area (Å²) in [5.41, 5.74) is 0.230. The van der Waals surface area contributed by atoms with Gasteiger partial charge in [-0.25, -0.2) is 9.59 Å². The van der Waals surface area contributed by atoms with Crippen LogP contribution in [0.15, 0.2) is 30.3 Å². The van der Waals surface area contributed by atoms with Crippen molar-refractivity contribution in [2.45, 2.75) is 78.4 Å². The first kappa shape index (κ1) is 25.4. The number of hydrogen-bond donors (Lipinski definition) is 3. The molecule has 0 fully saturated rings. The SMILES string of the molecule is CC(C)CC(NC(=O)C(NC(=O)OCc1ccccc1)C(C)OC(C)(C)C)C(=O)O. The van der Waals surface area contributed by atoms with E-state index in [0.717, 1.165) is 5.56 Å². The normalized spacial score (nSPS) is 14.5. The van der Waals surface area contributed by atoms with Gasteiger partial charge < -0.3 is 25.2 Å². The van der Waals surface area contributed by atoms with Crippen LogP contribution in [0, 0.1) is 5.92 Å². The zero-order chi connectivity index (χ0) is 22.9. The molecule has 0 aliphatic rings. The van der Waals surface area contributed by atoms with Crippen LogP contribution >= 0.6 is 0 Å². The van der Waals surface area contributed by atoms with E-state index in [1.807, 2.05) is 65.0 Å². The molecule has 3 atom stereocenters. The molecule has 0 spiro atoms. The molecule has 3 unspecified atom stereocenters. The van der Waals surface area contributed by atoms with Crippen LogP contribution in [0.4, 0.5) is 4.79 Å². The average Bonchev–Trinajstić information content (AvgIpc) is 2.62. The van der Waals surface area contributed by atoms with Gasteiger partial charge in [0.1, 0.15) is 18.7 Å². The first-order chi connectivity index (χ1) is 13.9. The van der Waals surface area contributed by atoms with E-state index >= 15 is 0 Å². The topological polar surface area (TPSA) is 114 Å². The highest BCUT2D eigenvalue weighted by Crippen LogP contribution is 2.14. The van der Waals surface area contributed by atoms with E-state index in [4.69, 9.17) is 9.47 Å². The van der Waals surface area contributed by atoms with E-state index in [1.54, 1.807) is 6.92 Å². The molecular formula is C22H34N2O6. The number of aliphatic carboxylic acids is 1. The predicted octanol–water partition coefficient (Wildman–Crippen LogP) is 3.10. The molecule has 0 saturated heterocycles. The lowest BCUT2D eigenvalue weighted by molar-refractivity contribution is -0.144. The molecule has 30 heavy (non-hydrogen) atoms. The Kier molecular flexibility index (Phi) is 9.78. The second-order valence-electron chi connectivity index (χ2n) is 8.65. The number of carbonyl (C=O) groups excluding carboxylic acids is 2. The Morgan fingerprint density at radius 3 is 2.13 bits per heavy atom. The molecule has 0 aliphatic carbocycles. The number of alkyl carbamates (subject to hydrolysis) is 1. The molecule has 1 rings (SSSR count). The van der Waals surface area contributed by atoms with Crippen molar-refractivity contribution in [3.8, 4) is 0 Å². The number of nitrogens with one attached hydrogen (secondary N) is 2. The lowest BCUT2D eigenvalue weighted by atomic mass is 10.0. The van der Waals surface area contributed by atoms with E-state index < -0.39 is 41.8 Å². The molecule has 0 bridgehead atoms. The van der Waals surface area contributed by atoms with Gasteiger partial charge in [0.25, 0.3) is 0 Å². The Bertz CT molecular complexity index is 699. The first-order valence-corrected chi connectivity index (χ1v) is 10.1. The van der Waals surface area contributed by atoms with E-state index in [0.29, 0.717) is 0 Å². The summed E-state index contributed by atoms with van der Waals surface area (Å²) < 4.78 is 11.0. The van der Waals surface area contributed by atoms with Crippen molar-refractivity contribution < 1.29 is 29.0 Å². The van der Waals surface area contributed by atoms with Crippen molar-refractivity contribution in [2.24, 2.45) is 5.92 Å². The zero-order valence-corrected chi connectivity index (χ0v) is 18.6. The maximum absolute atomic E-state index is 12.9. The van der Waals surface area contributed by atoms with Crippen molar-refractivity contribution in [1.29, 1.82) is 0 Å². The third-order valence-electron chi connectivity index (χ3n) is 4.10. The van der Waals surface area contributed by atoms with Crippen LogP contribution in [-0.2, 0) is 25.7 Å². The van der Waals surface area contributed by atoms with E-state index in [1.165, 1.54) is 0 Å². The van der Waals surface area contributed by atoms with Crippen molar-refractivity contribution >= 4 is 18.0 Å². The minimum absolute atomic E-state index is 0.0423. The molecule has 3 N–H and O–H groups in total. The summed E-state index contributed by atoms with van der Waals surface area (Å²) in [4.78, 5) is 36.7. The lowest BCUT2D eigenvalue weighted by Gasteiger charge is -2.31. The van der Waals surface area contributed by atoms with Crippen LogP contribution < -0.4 is 10.6 Å². The second kappa shape index (κ2) is 11.5. The third kappa shape index (κ3) is 9.73. The Labute approximate surface area is 178 Å². The number of hydrogen-bond acceptors (Lipinski definition) is 5. The number of ether oxygens (including phenoxy) is 2. The van der Waals surface area contributed by atoms with Gasteiger partial charge in [0.15, 0.2) is 0 Å². The Balaban J connectivity index is 2.87. The van der Waals surface area contributed by atoms with Gasteiger partial charge in [0, 0.05) is 0 Å². The zero-order valence-electron chi connectivity index (χ0n) is 18.6. The molecule has 8 nitrogen and oxygen atoms in total. The molecule has 0 aromatic heterocycles. The van der Waals surface area contributed by atoms with Crippen LogP contribution in [0.1, 0.15) is 53.5 Å². The van der Waals surface area contributed by atoms with Crippen LogP contribution in [-0.4, -0.2) is 46.9 Å². The fraction of sp³-hybridized carbons (Fsp3) is 0.591. The number of rotatable bonds is 10. The smallest absolute Gasteiger partial charge is 0.408 e. The van der Waals surface area contributed by atoms with Gasteiger partial charge in [-0.1, -0.05) is 44.2 Å². The van der Waals surface area contributed by atoms with Gasteiger partial charge in [0.2, 0.25) is 5.91 Å². The first-order valence-electron chi connectivity index (χ1n) is 10.1. The van der Waals surface area contributed by atoms with E-state index in [9.17, 15) is 19.5 Å². The van der Waals surface area contributed by atoms with Gasteiger partial charge >= 0.3 is 12.1 Å². The van der Waals surface area contributed by atoms with Gasteiger partial charge in [-0.05, 0) is 45.6 Å². The van der Waals surface area contributed by atoms with Crippen LogP contribution in [0.25, 0.3) is 0 Å². The Hall–Kier alpha value is -2.61. The summed E-state index contributed by atoms with van der Waals surface area (Å²) in [5.74, 6) is -1.71. The number of carbonyl (C=O) groups is 3. The maximum Gasteiger partial charge on any atom is 0.408 e. The lowest BCUT2D eigenvalue weighted by Crippen LogP contribution is -2.57. The summed E-state index contributed by atoms with van der Waals surface area (Å²) in [5, 5.41) is 14.4. The Morgan fingerprint density at radius 1 is 1.03 bits per heavy atom. The van der Waals surface area contributed by atoms with Gasteiger partial charge in [-0.15, -0.1) is 0 Å². The fourth-order valence-electron chi connectivity index (χ4n) is 2.87. The molecule has 0 saturated carbocycles. The van der Waals surface area contributed by atoms with Gasteiger partial charge in [0.05, 0.1) is 11.7 Å². The molecule has 8 heteroatoms. The highest BCUT2D eigenvalue weighted by atomic mass is 16.6. The Morgan fingerprint density at radius 2 is 1.63 bits per heavy atom. The van der Waals surface area contributed by atoms with E-state index in [2.05, 4.69) is 10.6 Å². The van der Waals surface area contributed by atoms with Crippen molar-refractivity contribution in [3.63, 3.8) is 0 Å². The number of benzene rings is 1. The predicted molar refractivity (Wildman–Crippen MR) is 113 cm³/mol. The monoisotopic (exact) mass is 422 g/mol. The van der Waals surface area contributed by atoms with Gasteiger partial charge in [-0.3, -0.25) is 4.79 Å². The number of carboxylic acid groups (broad SMARTS) is 1. The summed E-state index contributed by atoms with van der Waals surface area (Å²) >= 11 is 0. The number of amides is 2. The molecule has 1 aromatic carbocycles. The quantitative estimate of drug-likeness (QED) is 0.534. The van der Waals surface area contributed by atoms with Gasteiger partial charge in [-0.2, -0.15) is 0 Å². The molecule has 1 aromatic rings. The van der Waals surface area contributed by atoms with Crippen molar-refractivity contribution in [1.82, 2.24) is 10.6 Å². The summed E-state index contributed by atoms with van der Waals surface area (Å²) in [6.07, 6.45) is -1.25. The maximum atomic E-state index is 12.9. The molecule has 0 aliphatic heterocycles. The molecule has 168 valence electrons. The molecular weight excluding hydrogens is 388 g/mol. The summed E-state index contributed by atoms with van der Waals surface area (Å²) in [6, 6.07) is 6.94. The molecule has 0 heterocycles. The third-order valence-corrected chi connectivity index (χ3v) is 4.10. The van der Waals surface area contributed by atoms with Crippen molar-refractivity contribution in [2.75, 3.05) is 0 Å². The number of carboxylic acids is 1. The van der Waals surface area contributed by atoms with Crippen LogP contribution in [0.2, 0.25) is 0 Å². The largest absolute Gasteiger partial charge is 0.480 e. The second-order valence-corrected chi connectivity index (χ2v) is 8.65. The fourth-order valence-corrected chi connectivity index (χ4v) is 2.87. The highest BCUT2D eigenvalue weighted by molar-refractivity contribution is 5.89. The van der Waals surface area contributed by atoms with E-state index in [-0.39, 0.29) is 18.9 Å². The minimum atomic E-state index is -1.13. The van der Waals surface area contributed by atoms with Crippen LogP contribution in [0.5, 0.6) is 0 Å². The van der Waals surface area contributed by atoms with Crippen LogP contribution in [0.3, 0.4) is 0 Å².